The van der Waals surface area contributed by atoms with Gasteiger partial charge in [0.05, 0.1) is 24.4 Å². The zero-order valence-corrected chi connectivity index (χ0v) is 26.4. The van der Waals surface area contributed by atoms with E-state index >= 15 is 8.78 Å². The fourth-order valence-electron chi connectivity index (χ4n) is 5.82. The topological polar surface area (TPSA) is 104 Å². The maximum Gasteiger partial charge on any atom is 0.182 e. The normalized spacial score (nSPS) is 13.9. The molecule has 3 heterocycles. The molecule has 1 aliphatic carbocycles. The number of hydrogen-bond acceptors (Lipinski definition) is 8. The summed E-state index contributed by atoms with van der Waals surface area (Å²) >= 11 is 0. The van der Waals surface area contributed by atoms with E-state index in [2.05, 4.69) is 24.1 Å². The molecule has 0 aliphatic heterocycles. The summed E-state index contributed by atoms with van der Waals surface area (Å²) in [6.07, 6.45) is 4.45. The first-order chi connectivity index (χ1) is 22.1. The number of carbonyl (C=O) groups excluding carboxylic acids is 1. The van der Waals surface area contributed by atoms with E-state index in [1.807, 2.05) is 36.4 Å². The number of nitrogens with one attached hydrogen (secondary N) is 1. The lowest BCUT2D eigenvalue weighted by Crippen LogP contribution is -2.25. The van der Waals surface area contributed by atoms with Crippen LogP contribution < -0.4 is 10.1 Å². The van der Waals surface area contributed by atoms with Crippen molar-refractivity contribution in [3.8, 4) is 17.3 Å². The van der Waals surface area contributed by atoms with Crippen molar-refractivity contribution in [1.82, 2.24) is 24.7 Å². The molecule has 11 heteroatoms. The second-order valence-electron chi connectivity index (χ2n) is 12.4. The molecular formula is C35H36F2N6O3. The Kier molecular flexibility index (Phi) is 8.77. The van der Waals surface area contributed by atoms with E-state index in [1.54, 1.807) is 10.9 Å². The van der Waals surface area contributed by atoms with E-state index in [0.29, 0.717) is 35.2 Å². The number of ether oxygens (including phenoxy) is 2. The lowest BCUT2D eigenvalue weighted by atomic mass is 9.76. The third-order valence-electron chi connectivity index (χ3n) is 8.15. The molecular weight excluding hydrogens is 590 g/mol. The van der Waals surface area contributed by atoms with E-state index in [1.165, 1.54) is 26.2 Å². The molecule has 0 radical (unpaired) electrons. The van der Waals surface area contributed by atoms with Crippen LogP contribution in [-0.4, -0.2) is 50.8 Å². The van der Waals surface area contributed by atoms with Crippen molar-refractivity contribution in [2.75, 3.05) is 25.6 Å². The van der Waals surface area contributed by atoms with Crippen molar-refractivity contribution in [3.05, 3.63) is 88.9 Å². The number of rotatable bonds is 11. The minimum Gasteiger partial charge on any atom is -0.491 e. The Morgan fingerprint density at radius 2 is 1.85 bits per heavy atom. The lowest BCUT2D eigenvalue weighted by molar-refractivity contribution is -0.116. The highest BCUT2D eigenvalue weighted by atomic mass is 19.1. The van der Waals surface area contributed by atoms with Crippen molar-refractivity contribution >= 4 is 28.2 Å². The molecule has 2 aromatic carbocycles. The van der Waals surface area contributed by atoms with Gasteiger partial charge in [-0.1, -0.05) is 32.0 Å². The van der Waals surface area contributed by atoms with Crippen LogP contribution in [0.5, 0.6) is 5.75 Å². The van der Waals surface area contributed by atoms with E-state index in [9.17, 15) is 4.79 Å². The Labute approximate surface area is 266 Å². The van der Waals surface area contributed by atoms with Crippen LogP contribution in [0.25, 0.3) is 22.4 Å². The molecule has 1 aliphatic rings. The summed E-state index contributed by atoms with van der Waals surface area (Å²) in [4.78, 5) is 26.1. The monoisotopic (exact) mass is 626 g/mol. The number of hydrogen-bond donors (Lipinski definition) is 1. The largest absolute Gasteiger partial charge is 0.491 e. The molecule has 0 amide bonds. The maximum absolute atomic E-state index is 15.2. The number of fused-ring (bicyclic) bond motifs is 2. The fraction of sp³-hybridized carbons (Fsp3) is 0.343. The fourth-order valence-corrected chi connectivity index (χ4v) is 5.82. The molecule has 5 aromatic rings. The number of benzene rings is 2. The predicted octanol–water partition coefficient (Wildman–Crippen LogP) is 6.63. The smallest absolute Gasteiger partial charge is 0.182 e. The second kappa shape index (κ2) is 12.9. The van der Waals surface area contributed by atoms with Crippen LogP contribution in [0.4, 0.5) is 20.3 Å². The summed E-state index contributed by atoms with van der Waals surface area (Å²) in [5, 5.41) is 9.06. The second-order valence-corrected chi connectivity index (χ2v) is 12.4. The molecule has 6 rings (SSSR count). The van der Waals surface area contributed by atoms with Crippen LogP contribution in [0.2, 0.25) is 0 Å². The van der Waals surface area contributed by atoms with Gasteiger partial charge in [0, 0.05) is 59.8 Å². The molecule has 0 atom stereocenters. The summed E-state index contributed by atoms with van der Waals surface area (Å²) in [5.41, 5.74) is 4.52. The van der Waals surface area contributed by atoms with Gasteiger partial charge in [-0.2, -0.15) is 5.10 Å². The summed E-state index contributed by atoms with van der Waals surface area (Å²) in [6.45, 7) is 6.32. The summed E-state index contributed by atoms with van der Waals surface area (Å²) in [5.74, 6) is -0.260. The molecule has 9 nitrogen and oxygen atoms in total. The zero-order chi connectivity index (χ0) is 32.4. The number of Topliss-reactive ketones (excluding diaryl/α,β-unsaturated/α-hetero) is 1. The number of aromatic nitrogens is 5. The zero-order valence-electron chi connectivity index (χ0n) is 26.4. The van der Waals surface area contributed by atoms with E-state index in [-0.39, 0.29) is 42.1 Å². The van der Waals surface area contributed by atoms with Crippen LogP contribution in [-0.2, 0) is 35.3 Å². The average molecular weight is 627 g/mol. The number of para-hydroxylation sites is 1. The highest BCUT2D eigenvalue weighted by Crippen LogP contribution is 2.39. The Morgan fingerprint density at radius 3 is 2.61 bits per heavy atom. The number of ketones is 1. The van der Waals surface area contributed by atoms with Gasteiger partial charge < -0.3 is 14.8 Å². The van der Waals surface area contributed by atoms with Gasteiger partial charge in [0.1, 0.15) is 41.3 Å². The van der Waals surface area contributed by atoms with Gasteiger partial charge in [0.2, 0.25) is 0 Å². The number of methoxy groups -OCH3 is 1. The number of halogens is 2. The minimum absolute atomic E-state index is 0.0298. The first kappa shape index (κ1) is 31.2. The van der Waals surface area contributed by atoms with Gasteiger partial charge in [-0.25, -0.2) is 18.7 Å². The van der Waals surface area contributed by atoms with Crippen molar-refractivity contribution in [3.63, 3.8) is 0 Å². The van der Waals surface area contributed by atoms with Crippen molar-refractivity contribution < 1.29 is 23.0 Å². The van der Waals surface area contributed by atoms with Gasteiger partial charge in [0.25, 0.3) is 0 Å². The number of anilines is 2. The average Bonchev–Trinajstić information content (AvgIpc) is 3.37. The molecule has 0 fully saturated rings. The number of pyridine rings is 1. The van der Waals surface area contributed by atoms with Crippen LogP contribution in [0, 0.1) is 17.0 Å². The Bertz CT molecular complexity index is 1900. The van der Waals surface area contributed by atoms with Gasteiger partial charge >= 0.3 is 0 Å². The van der Waals surface area contributed by atoms with E-state index < -0.39 is 11.6 Å². The first-order valence-corrected chi connectivity index (χ1v) is 15.3. The summed E-state index contributed by atoms with van der Waals surface area (Å²) < 4.78 is 42.4. The maximum atomic E-state index is 15.2. The predicted molar refractivity (Wildman–Crippen MR) is 171 cm³/mol. The molecule has 3 aromatic heterocycles. The molecule has 46 heavy (non-hydrogen) atoms. The summed E-state index contributed by atoms with van der Waals surface area (Å²) in [6, 6.07) is 13.5. The van der Waals surface area contributed by atoms with Crippen LogP contribution in [0.15, 0.2) is 54.7 Å². The Balaban J connectivity index is 1.41. The van der Waals surface area contributed by atoms with Gasteiger partial charge in [-0.15, -0.1) is 0 Å². The molecule has 1 N–H and O–H groups in total. The molecule has 0 saturated carbocycles. The molecule has 0 unspecified atom stereocenters. The standard InChI is InChI=1S/C35H36F2N6O3/c1-21(44)15-23-16-22(10-12-38-23)39-33-25-9-11-35(2,3)19-30(25)40-34(41-33)32-26-7-5-6-8-31(26)43(42-32)20-27-28(36)17-24(18-29(27)37)46-14-13-45-4/h5-8,10,12,16-18H,9,11,13-15,19-20H2,1-4H3,(H,38,39,40,41). The van der Waals surface area contributed by atoms with Crippen LogP contribution in [0.3, 0.4) is 0 Å². The molecule has 238 valence electrons. The number of carbonyl (C=O) groups is 1. The third kappa shape index (κ3) is 6.74. The Morgan fingerprint density at radius 1 is 1.07 bits per heavy atom. The molecule has 0 saturated heterocycles. The van der Waals surface area contributed by atoms with Gasteiger partial charge in [0.15, 0.2) is 5.82 Å². The summed E-state index contributed by atoms with van der Waals surface area (Å²) in [7, 11) is 1.53. The van der Waals surface area contributed by atoms with Crippen molar-refractivity contribution in [2.45, 2.75) is 53.0 Å². The quantitative estimate of drug-likeness (QED) is 0.163. The third-order valence-corrected chi connectivity index (χ3v) is 8.15. The van der Waals surface area contributed by atoms with Crippen LogP contribution in [0.1, 0.15) is 49.7 Å². The highest BCUT2D eigenvalue weighted by molar-refractivity contribution is 5.92. The van der Waals surface area contributed by atoms with Crippen LogP contribution >= 0.6 is 0 Å². The van der Waals surface area contributed by atoms with Gasteiger partial charge in [-0.05, 0) is 49.8 Å². The number of nitrogens with zero attached hydrogens (tertiary/aromatic N) is 5. The van der Waals surface area contributed by atoms with Gasteiger partial charge in [-0.3, -0.25) is 14.5 Å². The van der Waals surface area contributed by atoms with E-state index in [0.717, 1.165) is 41.6 Å². The highest BCUT2D eigenvalue weighted by Gasteiger charge is 2.30. The van der Waals surface area contributed by atoms with E-state index in [4.69, 9.17) is 24.5 Å². The van der Waals surface area contributed by atoms with Crippen molar-refractivity contribution in [1.29, 1.82) is 0 Å². The SMILES string of the molecule is COCCOc1cc(F)c(Cn2nc(-c3nc4c(c(Nc5ccnc(CC(C)=O)c5)n3)CCC(C)(C)C4)c3ccccc32)c(F)c1. The van der Waals surface area contributed by atoms with Crippen molar-refractivity contribution in [2.24, 2.45) is 5.41 Å². The minimum atomic E-state index is -0.728. The molecule has 0 bridgehead atoms. The first-order valence-electron chi connectivity index (χ1n) is 15.3. The Hall–Kier alpha value is -4.77. The molecule has 0 spiro atoms. The lowest BCUT2D eigenvalue weighted by Gasteiger charge is -2.31.